The third-order valence-corrected chi connectivity index (χ3v) is 6.64. The highest BCUT2D eigenvalue weighted by Gasteiger charge is 2.34. The molecule has 160 valence electrons. The monoisotopic (exact) mass is 429 g/mol. The Morgan fingerprint density at radius 1 is 1.10 bits per heavy atom. The first kappa shape index (κ1) is 20.7. The first-order valence-corrected chi connectivity index (χ1v) is 12.1. The van der Waals surface area contributed by atoms with Gasteiger partial charge >= 0.3 is 0 Å². The minimum atomic E-state index is -3.52. The molecule has 0 aliphatic carbocycles. The van der Waals surface area contributed by atoms with Crippen molar-refractivity contribution in [3.63, 3.8) is 0 Å². The van der Waals surface area contributed by atoms with Crippen LogP contribution in [0.3, 0.4) is 0 Å². The molecular weight excluding hydrogens is 402 g/mol. The summed E-state index contributed by atoms with van der Waals surface area (Å²) in [4.78, 5) is 15.2. The number of fused-ring (bicyclic) bond motifs is 1. The summed E-state index contributed by atoms with van der Waals surface area (Å²) in [6.07, 6.45) is 2.74. The summed E-state index contributed by atoms with van der Waals surface area (Å²) in [6, 6.07) is 15.1. The maximum Gasteiger partial charge on any atom is 0.263 e. The molecule has 1 amide bonds. The summed E-state index contributed by atoms with van der Waals surface area (Å²) in [5.74, 6) is 0.0602. The number of hydrogen-bond donors (Lipinski definition) is 1. The highest BCUT2D eigenvalue weighted by atomic mass is 32.2. The summed E-state index contributed by atoms with van der Waals surface area (Å²) in [5.41, 5.74) is 2.70. The van der Waals surface area contributed by atoms with Gasteiger partial charge in [0.2, 0.25) is 10.0 Å². The SMILES string of the molecule is CS(=O)(=O)N1C[C@@H](C(=O)NCc2cccc(CN3CCCC3)c2)Oc2ccccc21. The van der Waals surface area contributed by atoms with Crippen molar-refractivity contribution in [2.75, 3.05) is 30.2 Å². The van der Waals surface area contributed by atoms with E-state index >= 15 is 0 Å². The number of nitrogens with one attached hydrogen (secondary N) is 1. The summed E-state index contributed by atoms with van der Waals surface area (Å²) >= 11 is 0. The van der Waals surface area contributed by atoms with Crippen molar-refractivity contribution in [1.82, 2.24) is 10.2 Å². The zero-order valence-corrected chi connectivity index (χ0v) is 17.9. The normalized spacial score (nSPS) is 19.2. The van der Waals surface area contributed by atoms with Gasteiger partial charge in [-0.2, -0.15) is 0 Å². The van der Waals surface area contributed by atoms with Gasteiger partial charge in [-0.15, -0.1) is 0 Å². The lowest BCUT2D eigenvalue weighted by Crippen LogP contribution is -2.50. The summed E-state index contributed by atoms with van der Waals surface area (Å²) in [7, 11) is -3.52. The van der Waals surface area contributed by atoms with Crippen LogP contribution in [0.2, 0.25) is 0 Å². The highest BCUT2D eigenvalue weighted by Crippen LogP contribution is 2.34. The smallest absolute Gasteiger partial charge is 0.263 e. The molecule has 30 heavy (non-hydrogen) atoms. The van der Waals surface area contributed by atoms with E-state index < -0.39 is 16.1 Å². The Hall–Kier alpha value is -2.58. The van der Waals surface area contributed by atoms with Crippen molar-refractivity contribution in [3.05, 3.63) is 59.7 Å². The fourth-order valence-corrected chi connectivity index (χ4v) is 4.91. The molecule has 7 nitrogen and oxygen atoms in total. The Bertz CT molecular complexity index is 1020. The van der Waals surface area contributed by atoms with E-state index in [-0.39, 0.29) is 12.5 Å². The van der Waals surface area contributed by atoms with Crippen LogP contribution in [-0.4, -0.2) is 51.2 Å². The van der Waals surface area contributed by atoms with Crippen LogP contribution in [0.1, 0.15) is 24.0 Å². The predicted molar refractivity (Wildman–Crippen MR) is 116 cm³/mol. The molecule has 0 spiro atoms. The van der Waals surface area contributed by atoms with Crippen LogP contribution in [0.5, 0.6) is 5.75 Å². The molecule has 2 heterocycles. The molecule has 1 N–H and O–H groups in total. The van der Waals surface area contributed by atoms with Crippen LogP contribution in [0.4, 0.5) is 5.69 Å². The van der Waals surface area contributed by atoms with Crippen LogP contribution in [0, 0.1) is 0 Å². The van der Waals surface area contributed by atoms with E-state index in [1.807, 2.05) is 12.1 Å². The van der Waals surface area contributed by atoms with Gasteiger partial charge < -0.3 is 10.1 Å². The molecule has 1 fully saturated rings. The maximum absolute atomic E-state index is 12.8. The van der Waals surface area contributed by atoms with Crippen LogP contribution < -0.4 is 14.4 Å². The second-order valence-electron chi connectivity index (χ2n) is 7.89. The van der Waals surface area contributed by atoms with Crippen molar-refractivity contribution in [2.45, 2.75) is 32.0 Å². The Morgan fingerprint density at radius 2 is 1.83 bits per heavy atom. The van der Waals surface area contributed by atoms with Gasteiger partial charge in [-0.3, -0.25) is 14.0 Å². The zero-order valence-electron chi connectivity index (χ0n) is 17.1. The van der Waals surface area contributed by atoms with Crippen molar-refractivity contribution in [1.29, 1.82) is 0 Å². The maximum atomic E-state index is 12.8. The first-order valence-electron chi connectivity index (χ1n) is 10.2. The van der Waals surface area contributed by atoms with Crippen LogP contribution >= 0.6 is 0 Å². The minimum absolute atomic E-state index is 0.0450. The second-order valence-corrected chi connectivity index (χ2v) is 9.80. The van der Waals surface area contributed by atoms with Crippen molar-refractivity contribution >= 4 is 21.6 Å². The van der Waals surface area contributed by atoms with Gasteiger partial charge in [-0.1, -0.05) is 36.4 Å². The van der Waals surface area contributed by atoms with Crippen LogP contribution in [0.15, 0.2) is 48.5 Å². The third-order valence-electron chi connectivity index (χ3n) is 5.49. The van der Waals surface area contributed by atoms with E-state index in [1.54, 1.807) is 24.3 Å². The number of carbonyl (C=O) groups is 1. The van der Waals surface area contributed by atoms with Crippen molar-refractivity contribution in [2.24, 2.45) is 0 Å². The summed E-state index contributed by atoms with van der Waals surface area (Å²) < 4.78 is 31.4. The van der Waals surface area contributed by atoms with E-state index in [9.17, 15) is 13.2 Å². The van der Waals surface area contributed by atoms with Gasteiger partial charge in [0.15, 0.2) is 6.10 Å². The van der Waals surface area contributed by atoms with Crippen LogP contribution in [-0.2, 0) is 27.9 Å². The molecule has 1 saturated heterocycles. The number of hydrogen-bond acceptors (Lipinski definition) is 5. The quantitative estimate of drug-likeness (QED) is 0.761. The Morgan fingerprint density at radius 3 is 2.60 bits per heavy atom. The average Bonchev–Trinajstić information content (AvgIpc) is 3.23. The fraction of sp³-hybridized carbons (Fsp3) is 0.409. The molecule has 0 radical (unpaired) electrons. The predicted octanol–water partition coefficient (Wildman–Crippen LogP) is 2.13. The molecule has 8 heteroatoms. The van der Waals surface area contributed by atoms with E-state index in [0.29, 0.717) is 18.0 Å². The van der Waals surface area contributed by atoms with Gasteiger partial charge in [0, 0.05) is 13.1 Å². The summed E-state index contributed by atoms with van der Waals surface area (Å²) in [6.45, 7) is 3.52. The lowest BCUT2D eigenvalue weighted by atomic mass is 10.1. The molecule has 2 aliphatic heterocycles. The number of amides is 1. The van der Waals surface area contributed by atoms with Gasteiger partial charge in [0.25, 0.3) is 5.91 Å². The van der Waals surface area contributed by atoms with E-state index in [1.165, 1.54) is 22.7 Å². The molecule has 0 saturated carbocycles. The van der Waals surface area contributed by atoms with E-state index in [4.69, 9.17) is 4.74 Å². The number of benzene rings is 2. The number of anilines is 1. The topological polar surface area (TPSA) is 79.0 Å². The molecule has 2 aromatic carbocycles. The standard InChI is InChI=1S/C22H27N3O4S/c1-30(27,28)25-16-21(29-20-10-3-2-9-19(20)25)22(26)23-14-17-7-6-8-18(13-17)15-24-11-4-5-12-24/h2-3,6-10,13,21H,4-5,11-12,14-16H2,1H3,(H,23,26)/t21-/m0/s1. The lowest BCUT2D eigenvalue weighted by molar-refractivity contribution is -0.127. The fourth-order valence-electron chi connectivity index (χ4n) is 3.99. The molecule has 0 aromatic heterocycles. The number of nitrogens with zero attached hydrogens (tertiary/aromatic N) is 2. The number of likely N-dealkylation sites (tertiary alicyclic amines) is 1. The zero-order chi connectivity index (χ0) is 21.1. The number of rotatable bonds is 6. The van der Waals surface area contributed by atoms with E-state index in [2.05, 4.69) is 22.3 Å². The van der Waals surface area contributed by atoms with Gasteiger partial charge in [-0.05, 0) is 49.2 Å². The molecule has 0 unspecified atom stereocenters. The number of ether oxygens (including phenoxy) is 1. The Kier molecular flexibility index (Phi) is 5.97. The number of sulfonamides is 1. The largest absolute Gasteiger partial charge is 0.476 e. The Balaban J connectivity index is 1.41. The first-order chi connectivity index (χ1) is 14.4. The number of carbonyl (C=O) groups excluding carboxylic acids is 1. The molecule has 2 aromatic rings. The molecule has 4 rings (SSSR count). The number of para-hydroxylation sites is 2. The van der Waals surface area contributed by atoms with E-state index in [0.717, 1.165) is 31.5 Å². The minimum Gasteiger partial charge on any atom is -0.476 e. The molecule has 1 atom stereocenters. The van der Waals surface area contributed by atoms with Gasteiger partial charge in [-0.25, -0.2) is 8.42 Å². The third kappa shape index (κ3) is 4.76. The molecule has 0 bridgehead atoms. The van der Waals surface area contributed by atoms with Crippen molar-refractivity contribution in [3.8, 4) is 5.75 Å². The Labute approximate surface area is 177 Å². The van der Waals surface area contributed by atoms with Gasteiger partial charge in [0.1, 0.15) is 5.75 Å². The second kappa shape index (κ2) is 8.65. The lowest BCUT2D eigenvalue weighted by Gasteiger charge is -2.33. The van der Waals surface area contributed by atoms with Crippen molar-refractivity contribution < 1.29 is 17.9 Å². The van der Waals surface area contributed by atoms with Crippen LogP contribution in [0.25, 0.3) is 0 Å². The summed E-state index contributed by atoms with van der Waals surface area (Å²) in [5, 5.41) is 2.89. The molecule has 2 aliphatic rings. The average molecular weight is 430 g/mol. The van der Waals surface area contributed by atoms with Gasteiger partial charge in [0.05, 0.1) is 18.5 Å². The molecular formula is C22H27N3O4S. The highest BCUT2D eigenvalue weighted by molar-refractivity contribution is 7.92.